The van der Waals surface area contributed by atoms with E-state index in [1.165, 1.54) is 0 Å². The van der Waals surface area contributed by atoms with Crippen molar-refractivity contribution in [3.05, 3.63) is 12.4 Å². The Morgan fingerprint density at radius 2 is 2.40 bits per heavy atom. The van der Waals surface area contributed by atoms with Crippen molar-refractivity contribution in [1.82, 2.24) is 9.55 Å². The van der Waals surface area contributed by atoms with E-state index in [1.807, 2.05) is 19.4 Å². The molecule has 0 fully saturated rings. The molecule has 1 aromatic heterocycles. The second-order valence-corrected chi connectivity index (χ2v) is 4.17. The molecule has 4 nitrogen and oxygen atoms in total. The van der Waals surface area contributed by atoms with Gasteiger partial charge in [0.15, 0.2) is 0 Å². The zero-order valence-corrected chi connectivity index (χ0v) is 10.3. The molecule has 0 radical (unpaired) electrons. The molecule has 1 aromatic rings. The number of imidazole rings is 1. The molecule has 15 heavy (non-hydrogen) atoms. The number of nitrogens with zero attached hydrogens (tertiary/aromatic N) is 3. The molecule has 1 heterocycles. The van der Waals surface area contributed by atoms with Crippen molar-refractivity contribution in [1.29, 1.82) is 0 Å². The van der Waals surface area contributed by atoms with E-state index in [-0.39, 0.29) is 6.04 Å². The van der Waals surface area contributed by atoms with Crippen LogP contribution in [0.25, 0.3) is 0 Å². The van der Waals surface area contributed by atoms with Gasteiger partial charge in [-0.2, -0.15) is 0 Å². The highest BCUT2D eigenvalue weighted by Crippen LogP contribution is 2.14. The van der Waals surface area contributed by atoms with Crippen LogP contribution in [0.5, 0.6) is 0 Å². The highest BCUT2D eigenvalue weighted by molar-refractivity contribution is 7.80. The predicted molar refractivity (Wildman–Crippen MR) is 67.2 cm³/mol. The quantitative estimate of drug-likeness (QED) is 0.771. The highest BCUT2D eigenvalue weighted by Gasteiger charge is 2.14. The third-order valence-corrected chi connectivity index (χ3v) is 2.67. The monoisotopic (exact) mass is 226 g/mol. The molecule has 0 amide bonds. The van der Waals surface area contributed by atoms with Crippen molar-refractivity contribution in [3.63, 3.8) is 0 Å². The van der Waals surface area contributed by atoms with Gasteiger partial charge in [-0.15, -0.1) is 0 Å². The average Bonchev–Trinajstić information content (AvgIpc) is 2.62. The van der Waals surface area contributed by atoms with Gasteiger partial charge in [0.2, 0.25) is 5.95 Å². The number of hydrogen-bond donors (Lipinski definition) is 1. The third-order valence-electron chi connectivity index (χ3n) is 2.51. The molecule has 0 saturated carbocycles. The summed E-state index contributed by atoms with van der Waals surface area (Å²) in [4.78, 5) is 6.97. The van der Waals surface area contributed by atoms with Crippen LogP contribution in [0.2, 0.25) is 0 Å². The molecule has 84 valence electrons. The maximum atomic E-state index is 5.53. The minimum atomic E-state index is 0.273. The number of hydrogen-bond acceptors (Lipinski definition) is 3. The summed E-state index contributed by atoms with van der Waals surface area (Å²) in [6, 6.07) is 0.273. The van der Waals surface area contributed by atoms with Gasteiger partial charge >= 0.3 is 0 Å². The van der Waals surface area contributed by atoms with Crippen molar-refractivity contribution in [2.24, 2.45) is 5.73 Å². The maximum Gasteiger partial charge on any atom is 0.205 e. The molecule has 0 aliphatic heterocycles. The Labute approximate surface area is 96.1 Å². The summed E-state index contributed by atoms with van der Waals surface area (Å²) in [6.45, 7) is 5.10. The van der Waals surface area contributed by atoms with E-state index >= 15 is 0 Å². The minimum absolute atomic E-state index is 0.273. The van der Waals surface area contributed by atoms with Gasteiger partial charge in [-0.25, -0.2) is 4.98 Å². The van der Waals surface area contributed by atoms with Crippen LogP contribution in [0.4, 0.5) is 5.95 Å². The predicted octanol–water partition coefficient (Wildman–Crippen LogP) is 1.40. The second-order valence-electron chi connectivity index (χ2n) is 3.64. The summed E-state index contributed by atoms with van der Waals surface area (Å²) in [5.74, 6) is 0.959. The van der Waals surface area contributed by atoms with E-state index in [0.717, 1.165) is 12.5 Å². The van der Waals surface area contributed by atoms with Crippen molar-refractivity contribution in [3.8, 4) is 0 Å². The number of aryl methyl sites for hydroxylation is 1. The first-order valence-corrected chi connectivity index (χ1v) is 5.49. The fourth-order valence-electron chi connectivity index (χ4n) is 1.49. The number of aromatic nitrogens is 2. The first-order chi connectivity index (χ1) is 7.06. The van der Waals surface area contributed by atoms with Crippen LogP contribution in [0, 0.1) is 0 Å². The summed E-state index contributed by atoms with van der Waals surface area (Å²) in [7, 11) is 2.01. The van der Waals surface area contributed by atoms with Crippen LogP contribution in [-0.4, -0.2) is 27.6 Å². The van der Waals surface area contributed by atoms with Crippen LogP contribution in [-0.2, 0) is 6.54 Å². The van der Waals surface area contributed by atoms with Crippen LogP contribution in [0.15, 0.2) is 12.4 Å². The molecule has 0 saturated heterocycles. The number of nitrogens with two attached hydrogens (primary N) is 1. The summed E-state index contributed by atoms with van der Waals surface area (Å²) >= 11 is 4.91. The molecular formula is C10H18N4S. The van der Waals surface area contributed by atoms with Gasteiger partial charge in [-0.05, 0) is 13.8 Å². The Hall–Kier alpha value is -1.10. The zero-order valence-electron chi connectivity index (χ0n) is 9.47. The van der Waals surface area contributed by atoms with Crippen molar-refractivity contribution in [2.75, 3.05) is 11.9 Å². The standard InChI is InChI=1S/C10H18N4S/c1-4-14-6-5-12-10(14)13(3)8(2)7-9(11)15/h5-6,8H,4,7H2,1-3H3,(H2,11,15). The molecule has 0 bridgehead atoms. The molecule has 1 atom stereocenters. The number of anilines is 1. The first kappa shape index (κ1) is 12.0. The Balaban J connectivity index is 2.75. The fourth-order valence-corrected chi connectivity index (χ4v) is 1.73. The van der Waals surface area contributed by atoms with Crippen molar-refractivity contribution in [2.45, 2.75) is 32.9 Å². The van der Waals surface area contributed by atoms with Crippen LogP contribution >= 0.6 is 12.2 Å². The minimum Gasteiger partial charge on any atom is -0.393 e. The maximum absolute atomic E-state index is 5.53. The number of thiocarbonyl (C=S) groups is 1. The van der Waals surface area contributed by atoms with Crippen molar-refractivity contribution < 1.29 is 0 Å². The molecule has 5 heteroatoms. The Morgan fingerprint density at radius 1 is 1.73 bits per heavy atom. The van der Waals surface area contributed by atoms with Crippen LogP contribution < -0.4 is 10.6 Å². The lowest BCUT2D eigenvalue weighted by molar-refractivity contribution is 0.655. The van der Waals surface area contributed by atoms with Gasteiger partial charge in [0.25, 0.3) is 0 Å². The smallest absolute Gasteiger partial charge is 0.205 e. The summed E-state index contributed by atoms with van der Waals surface area (Å²) in [6.07, 6.45) is 4.49. The van der Waals surface area contributed by atoms with E-state index < -0.39 is 0 Å². The van der Waals surface area contributed by atoms with E-state index in [4.69, 9.17) is 18.0 Å². The zero-order chi connectivity index (χ0) is 11.4. The van der Waals surface area contributed by atoms with E-state index in [1.54, 1.807) is 0 Å². The summed E-state index contributed by atoms with van der Waals surface area (Å²) < 4.78 is 2.09. The van der Waals surface area contributed by atoms with E-state index in [0.29, 0.717) is 11.4 Å². The Bertz CT molecular complexity index is 334. The molecule has 0 spiro atoms. The van der Waals surface area contributed by atoms with Gasteiger partial charge in [-0.3, -0.25) is 0 Å². The molecule has 2 N–H and O–H groups in total. The van der Waals surface area contributed by atoms with Gasteiger partial charge in [-0.1, -0.05) is 12.2 Å². The third kappa shape index (κ3) is 2.92. The van der Waals surface area contributed by atoms with Crippen LogP contribution in [0.3, 0.4) is 0 Å². The number of rotatable bonds is 5. The molecule has 0 aliphatic carbocycles. The first-order valence-electron chi connectivity index (χ1n) is 5.08. The lowest BCUT2D eigenvalue weighted by Crippen LogP contribution is -2.34. The Morgan fingerprint density at radius 3 is 2.93 bits per heavy atom. The molecule has 1 rings (SSSR count). The molecule has 1 unspecified atom stereocenters. The lowest BCUT2D eigenvalue weighted by atomic mass is 10.2. The normalized spacial score (nSPS) is 12.5. The lowest BCUT2D eigenvalue weighted by Gasteiger charge is -2.26. The van der Waals surface area contributed by atoms with Crippen molar-refractivity contribution >= 4 is 23.2 Å². The molecular weight excluding hydrogens is 208 g/mol. The van der Waals surface area contributed by atoms with Gasteiger partial charge in [0, 0.05) is 38.4 Å². The van der Waals surface area contributed by atoms with Gasteiger partial charge in [0.1, 0.15) is 0 Å². The van der Waals surface area contributed by atoms with E-state index in [9.17, 15) is 0 Å². The SMILES string of the molecule is CCn1ccnc1N(C)C(C)CC(N)=S. The average molecular weight is 226 g/mol. The van der Waals surface area contributed by atoms with Gasteiger partial charge in [0.05, 0.1) is 4.99 Å². The van der Waals surface area contributed by atoms with E-state index in [2.05, 4.69) is 28.3 Å². The molecule has 0 aliphatic rings. The largest absolute Gasteiger partial charge is 0.393 e. The summed E-state index contributed by atoms with van der Waals surface area (Å²) in [5.41, 5.74) is 5.53. The summed E-state index contributed by atoms with van der Waals surface area (Å²) in [5, 5.41) is 0. The van der Waals surface area contributed by atoms with Crippen LogP contribution in [0.1, 0.15) is 20.3 Å². The Kier molecular flexibility index (Phi) is 4.08. The molecule has 0 aromatic carbocycles. The highest BCUT2D eigenvalue weighted by atomic mass is 32.1. The fraction of sp³-hybridized carbons (Fsp3) is 0.600. The topological polar surface area (TPSA) is 47.1 Å². The van der Waals surface area contributed by atoms with Gasteiger partial charge < -0.3 is 15.2 Å². The second kappa shape index (κ2) is 5.11.